The van der Waals surface area contributed by atoms with Crippen molar-refractivity contribution in [2.45, 2.75) is 12.6 Å². The lowest BCUT2D eigenvalue weighted by Crippen LogP contribution is -2.29. The molecule has 1 fully saturated rings. The number of rotatable bonds is 7. The molecule has 1 atom stereocenters. The van der Waals surface area contributed by atoms with Gasteiger partial charge in [-0.15, -0.1) is 0 Å². The SMILES string of the molecule is COc1ccccc1C1/C(=C(\O)c2c(OC)cccc2OC)C(=O)C(=O)N1Cc1ccco1. The number of carbonyl (C=O) groups excluding carboxylic acids is 2. The van der Waals surface area contributed by atoms with Crippen LogP contribution in [0.5, 0.6) is 17.2 Å². The van der Waals surface area contributed by atoms with Gasteiger partial charge < -0.3 is 28.6 Å². The van der Waals surface area contributed by atoms with Crippen LogP contribution in [0.15, 0.2) is 70.9 Å². The molecule has 1 N–H and O–H groups in total. The minimum Gasteiger partial charge on any atom is -0.506 e. The second-order valence-electron chi connectivity index (χ2n) is 7.29. The van der Waals surface area contributed by atoms with Gasteiger partial charge in [-0.05, 0) is 30.3 Å². The van der Waals surface area contributed by atoms with Crippen molar-refractivity contribution in [1.29, 1.82) is 0 Å². The number of hydrogen-bond donors (Lipinski definition) is 1. The van der Waals surface area contributed by atoms with E-state index in [2.05, 4.69) is 0 Å². The minimum atomic E-state index is -0.930. The first-order chi connectivity index (χ1) is 16.0. The summed E-state index contributed by atoms with van der Waals surface area (Å²) in [5.74, 6) is -0.453. The molecule has 2 aromatic carbocycles. The molecule has 170 valence electrons. The van der Waals surface area contributed by atoms with Crippen LogP contribution in [0.4, 0.5) is 0 Å². The lowest BCUT2D eigenvalue weighted by Gasteiger charge is -2.26. The molecule has 1 aliphatic rings. The van der Waals surface area contributed by atoms with Crippen molar-refractivity contribution in [2.24, 2.45) is 0 Å². The maximum Gasteiger partial charge on any atom is 0.296 e. The fraction of sp³-hybridized carbons (Fsp3) is 0.200. The Morgan fingerprint density at radius 1 is 0.909 bits per heavy atom. The molecule has 3 aromatic rings. The summed E-state index contributed by atoms with van der Waals surface area (Å²) in [5, 5.41) is 11.4. The molecule has 2 heterocycles. The monoisotopic (exact) mass is 449 g/mol. The first-order valence-corrected chi connectivity index (χ1v) is 10.2. The van der Waals surface area contributed by atoms with Crippen molar-refractivity contribution in [3.05, 3.63) is 83.3 Å². The van der Waals surface area contributed by atoms with Crippen molar-refractivity contribution in [1.82, 2.24) is 4.90 Å². The zero-order valence-electron chi connectivity index (χ0n) is 18.4. The zero-order chi connectivity index (χ0) is 23.5. The number of benzene rings is 2. The fourth-order valence-electron chi connectivity index (χ4n) is 4.05. The summed E-state index contributed by atoms with van der Waals surface area (Å²) in [5.41, 5.74) is 0.624. The van der Waals surface area contributed by atoms with Crippen LogP contribution >= 0.6 is 0 Å². The summed E-state index contributed by atoms with van der Waals surface area (Å²) >= 11 is 0. The van der Waals surface area contributed by atoms with Crippen molar-refractivity contribution in [2.75, 3.05) is 21.3 Å². The van der Waals surface area contributed by atoms with Crippen molar-refractivity contribution in [3.8, 4) is 17.2 Å². The first kappa shape index (κ1) is 22.0. The van der Waals surface area contributed by atoms with Gasteiger partial charge in [0.2, 0.25) is 0 Å². The van der Waals surface area contributed by atoms with Gasteiger partial charge in [-0.3, -0.25) is 9.59 Å². The van der Waals surface area contributed by atoms with Crippen LogP contribution in [0, 0.1) is 0 Å². The van der Waals surface area contributed by atoms with Crippen molar-refractivity contribution < 1.29 is 33.3 Å². The van der Waals surface area contributed by atoms with E-state index in [1.807, 2.05) is 0 Å². The predicted molar refractivity (Wildman–Crippen MR) is 119 cm³/mol. The molecule has 0 aliphatic carbocycles. The average Bonchev–Trinajstić information content (AvgIpc) is 3.45. The van der Waals surface area contributed by atoms with Crippen LogP contribution in [0.25, 0.3) is 5.76 Å². The molecule has 8 heteroatoms. The molecular weight excluding hydrogens is 426 g/mol. The third kappa shape index (κ3) is 3.80. The highest BCUT2D eigenvalue weighted by Gasteiger charge is 2.47. The number of Topliss-reactive ketones (excluding diaryl/α,β-unsaturated/α-hetero) is 1. The Kier molecular flexibility index (Phi) is 6.08. The smallest absolute Gasteiger partial charge is 0.296 e. The van der Waals surface area contributed by atoms with Gasteiger partial charge in [-0.1, -0.05) is 24.3 Å². The minimum absolute atomic E-state index is 0.0279. The van der Waals surface area contributed by atoms with Crippen LogP contribution in [0.3, 0.4) is 0 Å². The Morgan fingerprint density at radius 2 is 1.55 bits per heavy atom. The summed E-state index contributed by atoms with van der Waals surface area (Å²) in [6.45, 7) is 0.0279. The van der Waals surface area contributed by atoms with E-state index in [4.69, 9.17) is 18.6 Å². The Hall–Kier alpha value is -4.20. The molecule has 33 heavy (non-hydrogen) atoms. The molecule has 1 amide bonds. The number of hydrogen-bond acceptors (Lipinski definition) is 7. The fourth-order valence-corrected chi connectivity index (χ4v) is 4.05. The summed E-state index contributed by atoms with van der Waals surface area (Å²) in [6.07, 6.45) is 1.49. The number of ether oxygens (including phenoxy) is 3. The van der Waals surface area contributed by atoms with Crippen LogP contribution in [0.1, 0.15) is 22.9 Å². The molecule has 1 aromatic heterocycles. The maximum absolute atomic E-state index is 13.3. The molecule has 8 nitrogen and oxygen atoms in total. The molecule has 1 aliphatic heterocycles. The highest BCUT2D eigenvalue weighted by atomic mass is 16.5. The van der Waals surface area contributed by atoms with E-state index < -0.39 is 23.5 Å². The average molecular weight is 449 g/mol. The maximum atomic E-state index is 13.3. The number of amides is 1. The summed E-state index contributed by atoms with van der Waals surface area (Å²) in [6, 6.07) is 14.5. The van der Waals surface area contributed by atoms with E-state index in [1.54, 1.807) is 54.6 Å². The Morgan fingerprint density at radius 3 is 2.15 bits per heavy atom. The zero-order valence-corrected chi connectivity index (χ0v) is 18.4. The van der Waals surface area contributed by atoms with E-state index in [0.29, 0.717) is 28.6 Å². The normalized spacial score (nSPS) is 17.3. The van der Waals surface area contributed by atoms with Crippen LogP contribution < -0.4 is 14.2 Å². The van der Waals surface area contributed by atoms with Crippen molar-refractivity contribution in [3.63, 3.8) is 0 Å². The van der Waals surface area contributed by atoms with Gasteiger partial charge in [0.25, 0.3) is 11.7 Å². The van der Waals surface area contributed by atoms with Gasteiger partial charge in [0.15, 0.2) is 0 Å². The molecule has 0 radical (unpaired) electrons. The number of carbonyl (C=O) groups is 2. The van der Waals surface area contributed by atoms with Crippen LogP contribution in [-0.4, -0.2) is 43.0 Å². The van der Waals surface area contributed by atoms with Gasteiger partial charge in [0.05, 0.1) is 45.8 Å². The standard InChI is InChI=1S/C25H23NO7/c1-30-17-10-5-4-9-16(17)22-21(23(27)20-18(31-2)11-6-12-19(20)32-3)24(28)25(29)26(22)14-15-8-7-13-33-15/h4-13,22,27H,14H2,1-3H3/b23-21+. The molecule has 1 saturated heterocycles. The predicted octanol–water partition coefficient (Wildman–Crippen LogP) is 3.93. The van der Waals surface area contributed by atoms with E-state index in [9.17, 15) is 14.7 Å². The number of ketones is 1. The summed E-state index contributed by atoms with van der Waals surface area (Å²) in [4.78, 5) is 27.8. The molecular formula is C25H23NO7. The lowest BCUT2D eigenvalue weighted by molar-refractivity contribution is -0.140. The van der Waals surface area contributed by atoms with Crippen LogP contribution in [-0.2, 0) is 16.1 Å². The van der Waals surface area contributed by atoms with E-state index in [0.717, 1.165) is 0 Å². The summed E-state index contributed by atoms with van der Waals surface area (Å²) in [7, 11) is 4.39. The van der Waals surface area contributed by atoms with E-state index in [-0.39, 0.29) is 17.7 Å². The molecule has 1 unspecified atom stereocenters. The second kappa shape index (κ2) is 9.12. The molecule has 4 rings (SSSR count). The topological polar surface area (TPSA) is 98.4 Å². The van der Waals surface area contributed by atoms with Gasteiger partial charge in [-0.2, -0.15) is 0 Å². The Bertz CT molecular complexity index is 1190. The number of aliphatic hydroxyl groups is 1. The number of likely N-dealkylation sites (tertiary alicyclic amines) is 1. The van der Waals surface area contributed by atoms with Gasteiger partial charge in [0.1, 0.15) is 34.3 Å². The highest BCUT2D eigenvalue weighted by molar-refractivity contribution is 6.46. The Balaban J connectivity index is 1.98. The molecule has 0 bridgehead atoms. The van der Waals surface area contributed by atoms with Crippen molar-refractivity contribution >= 4 is 17.4 Å². The van der Waals surface area contributed by atoms with Gasteiger partial charge in [0, 0.05) is 5.56 Å². The second-order valence-corrected chi connectivity index (χ2v) is 7.29. The largest absolute Gasteiger partial charge is 0.506 e. The first-order valence-electron chi connectivity index (χ1n) is 10.2. The lowest BCUT2D eigenvalue weighted by atomic mass is 9.94. The Labute approximate surface area is 190 Å². The van der Waals surface area contributed by atoms with Gasteiger partial charge >= 0.3 is 0 Å². The number of furan rings is 1. The third-order valence-electron chi connectivity index (χ3n) is 5.54. The molecule has 0 saturated carbocycles. The highest BCUT2D eigenvalue weighted by Crippen LogP contribution is 2.45. The third-order valence-corrected chi connectivity index (χ3v) is 5.54. The van der Waals surface area contributed by atoms with E-state index in [1.165, 1.54) is 32.5 Å². The number of methoxy groups -OCH3 is 3. The van der Waals surface area contributed by atoms with Crippen LogP contribution in [0.2, 0.25) is 0 Å². The summed E-state index contributed by atoms with van der Waals surface area (Å²) < 4.78 is 21.7. The number of aliphatic hydroxyl groups excluding tert-OH is 1. The number of nitrogens with zero attached hydrogens (tertiary/aromatic N) is 1. The van der Waals surface area contributed by atoms with E-state index >= 15 is 0 Å². The quantitative estimate of drug-likeness (QED) is 0.332. The molecule has 0 spiro atoms. The number of para-hydroxylation sites is 1. The van der Waals surface area contributed by atoms with Gasteiger partial charge in [-0.25, -0.2) is 0 Å².